The van der Waals surface area contributed by atoms with Gasteiger partial charge >= 0.3 is 0 Å². The number of anilines is 1. The van der Waals surface area contributed by atoms with E-state index in [0.717, 1.165) is 71.8 Å². The van der Waals surface area contributed by atoms with Gasteiger partial charge in [0, 0.05) is 40.2 Å². The zero-order chi connectivity index (χ0) is 21.0. The van der Waals surface area contributed by atoms with E-state index in [4.69, 9.17) is 5.73 Å². The Morgan fingerprint density at radius 2 is 1.72 bits per heavy atom. The summed E-state index contributed by atoms with van der Waals surface area (Å²) in [6, 6.07) is 4.39. The summed E-state index contributed by atoms with van der Waals surface area (Å²) in [4.78, 5) is 27.1. The van der Waals surface area contributed by atoms with Crippen LogP contribution in [0.25, 0.3) is 0 Å². The molecule has 29 heavy (non-hydrogen) atoms. The van der Waals surface area contributed by atoms with Crippen LogP contribution >= 0.6 is 31.9 Å². The first kappa shape index (κ1) is 22.5. The molecule has 0 bridgehead atoms. The zero-order valence-corrected chi connectivity index (χ0v) is 19.5. The molecule has 0 spiro atoms. The number of imide groups is 1. The molecule has 1 aliphatic carbocycles. The number of carbonyl (C=O) groups is 2. The Morgan fingerprint density at radius 1 is 1.07 bits per heavy atom. The highest BCUT2D eigenvalue weighted by atomic mass is 79.9. The standard InChI is InChI=1S/C21H27Br2N3O3/c22-15-11-14(21(24)18(23)12-15)13-25(16-3-5-17(27)6-4-16)9-1-2-10-26-19(28)7-8-20(26)29/h7-8,11-12,16-17,27H,1-6,9-10,13,24H2/t16-,17-. The smallest absolute Gasteiger partial charge is 0.253 e. The number of hydrogen-bond acceptors (Lipinski definition) is 5. The van der Waals surface area contributed by atoms with Gasteiger partial charge in [0.2, 0.25) is 0 Å². The molecule has 0 aromatic heterocycles. The Hall–Kier alpha value is -1.22. The third-order valence-electron chi connectivity index (χ3n) is 5.71. The summed E-state index contributed by atoms with van der Waals surface area (Å²) in [6.45, 7) is 2.04. The largest absolute Gasteiger partial charge is 0.398 e. The number of aliphatic hydroxyl groups excluding tert-OH is 1. The van der Waals surface area contributed by atoms with Crippen LogP contribution in [0.3, 0.4) is 0 Å². The number of unbranched alkanes of at least 4 members (excludes halogenated alkanes) is 1. The van der Waals surface area contributed by atoms with E-state index < -0.39 is 0 Å². The number of benzene rings is 1. The molecule has 158 valence electrons. The minimum atomic E-state index is -0.222. The molecule has 1 aromatic carbocycles. The highest BCUT2D eigenvalue weighted by Crippen LogP contribution is 2.31. The van der Waals surface area contributed by atoms with Gasteiger partial charge in [-0.25, -0.2) is 0 Å². The van der Waals surface area contributed by atoms with Gasteiger partial charge in [0.25, 0.3) is 11.8 Å². The highest BCUT2D eigenvalue weighted by Gasteiger charge is 2.26. The van der Waals surface area contributed by atoms with Crippen LogP contribution in [0.5, 0.6) is 0 Å². The molecule has 0 radical (unpaired) electrons. The Morgan fingerprint density at radius 3 is 2.38 bits per heavy atom. The maximum atomic E-state index is 11.7. The maximum Gasteiger partial charge on any atom is 0.253 e. The van der Waals surface area contributed by atoms with E-state index in [1.165, 1.54) is 17.1 Å². The molecular formula is C21H27Br2N3O3. The highest BCUT2D eigenvalue weighted by molar-refractivity contribution is 9.11. The monoisotopic (exact) mass is 527 g/mol. The normalized spacial score (nSPS) is 22.1. The van der Waals surface area contributed by atoms with Gasteiger partial charge < -0.3 is 10.8 Å². The van der Waals surface area contributed by atoms with E-state index in [0.29, 0.717) is 12.6 Å². The van der Waals surface area contributed by atoms with E-state index in [1.807, 2.05) is 6.07 Å². The van der Waals surface area contributed by atoms with Gasteiger partial charge in [-0.1, -0.05) is 15.9 Å². The first-order valence-corrected chi connectivity index (χ1v) is 11.6. The lowest BCUT2D eigenvalue weighted by Crippen LogP contribution is -2.39. The van der Waals surface area contributed by atoms with Crippen molar-refractivity contribution in [3.8, 4) is 0 Å². The molecular weight excluding hydrogens is 502 g/mol. The van der Waals surface area contributed by atoms with Crippen molar-refractivity contribution in [2.24, 2.45) is 0 Å². The number of hydrogen-bond donors (Lipinski definition) is 2. The molecule has 1 fully saturated rings. The van der Waals surface area contributed by atoms with Gasteiger partial charge in [-0.3, -0.25) is 19.4 Å². The number of aliphatic hydroxyl groups is 1. The third-order valence-corrected chi connectivity index (χ3v) is 6.83. The van der Waals surface area contributed by atoms with E-state index in [2.05, 4.69) is 42.8 Å². The van der Waals surface area contributed by atoms with Crippen LogP contribution in [0, 0.1) is 0 Å². The Kier molecular flexibility index (Phi) is 7.90. The van der Waals surface area contributed by atoms with E-state index >= 15 is 0 Å². The van der Waals surface area contributed by atoms with Crippen molar-refractivity contribution in [1.29, 1.82) is 0 Å². The summed E-state index contributed by atoms with van der Waals surface area (Å²) in [7, 11) is 0. The molecule has 1 saturated carbocycles. The molecule has 2 aliphatic rings. The van der Waals surface area contributed by atoms with E-state index in [-0.39, 0.29) is 17.9 Å². The number of nitrogen functional groups attached to an aromatic ring is 1. The molecule has 0 atom stereocenters. The van der Waals surface area contributed by atoms with Gasteiger partial charge in [0.1, 0.15) is 0 Å². The van der Waals surface area contributed by atoms with Crippen LogP contribution in [0.4, 0.5) is 5.69 Å². The quantitative estimate of drug-likeness (QED) is 0.306. The molecule has 3 rings (SSSR count). The van der Waals surface area contributed by atoms with Crippen molar-refractivity contribution in [3.05, 3.63) is 38.8 Å². The zero-order valence-electron chi connectivity index (χ0n) is 16.3. The van der Waals surface area contributed by atoms with Crippen LogP contribution in [-0.2, 0) is 16.1 Å². The molecule has 0 saturated heterocycles. The second-order valence-electron chi connectivity index (χ2n) is 7.76. The summed E-state index contributed by atoms with van der Waals surface area (Å²) in [5.74, 6) is -0.445. The van der Waals surface area contributed by atoms with E-state index in [9.17, 15) is 14.7 Å². The van der Waals surface area contributed by atoms with Gasteiger partial charge in [0.05, 0.1) is 11.8 Å². The second kappa shape index (κ2) is 10.2. The molecule has 0 unspecified atom stereocenters. The number of nitrogens with two attached hydrogens (primary N) is 1. The fraction of sp³-hybridized carbons (Fsp3) is 0.524. The summed E-state index contributed by atoms with van der Waals surface area (Å²) in [6.07, 6.45) is 7.67. The maximum absolute atomic E-state index is 11.7. The van der Waals surface area contributed by atoms with Crippen LogP contribution in [0.2, 0.25) is 0 Å². The van der Waals surface area contributed by atoms with Gasteiger partial charge in [0.15, 0.2) is 0 Å². The predicted molar refractivity (Wildman–Crippen MR) is 120 cm³/mol. The molecule has 2 amide bonds. The molecule has 3 N–H and O–H groups in total. The van der Waals surface area contributed by atoms with Crippen molar-refractivity contribution >= 4 is 49.4 Å². The average Bonchev–Trinajstić information content (AvgIpc) is 3.00. The number of nitrogens with zero attached hydrogens (tertiary/aromatic N) is 2. The van der Waals surface area contributed by atoms with Crippen LogP contribution < -0.4 is 5.73 Å². The Labute approximate surface area is 188 Å². The van der Waals surface area contributed by atoms with Gasteiger partial charge in [-0.2, -0.15) is 0 Å². The third kappa shape index (κ3) is 5.90. The summed E-state index contributed by atoms with van der Waals surface area (Å²) >= 11 is 7.06. The van der Waals surface area contributed by atoms with Crippen LogP contribution in [-0.4, -0.2) is 52.0 Å². The summed E-state index contributed by atoms with van der Waals surface area (Å²) < 4.78 is 1.85. The summed E-state index contributed by atoms with van der Waals surface area (Å²) in [5, 5.41) is 9.87. The SMILES string of the molecule is Nc1c(Br)cc(Br)cc1CN(CCCCN1C(=O)C=CC1=O)[C@H]1CC[C@H](O)CC1. The minimum absolute atomic E-state index is 0.196. The lowest BCUT2D eigenvalue weighted by molar-refractivity contribution is -0.136. The number of halogens is 2. The van der Waals surface area contributed by atoms with Gasteiger partial charge in [-0.15, -0.1) is 0 Å². The van der Waals surface area contributed by atoms with Crippen molar-refractivity contribution < 1.29 is 14.7 Å². The fourth-order valence-corrected chi connectivity index (χ4v) is 5.35. The van der Waals surface area contributed by atoms with Crippen LogP contribution in [0.15, 0.2) is 33.2 Å². The molecule has 1 aromatic rings. The Bertz CT molecular complexity index is 774. The predicted octanol–water partition coefficient (Wildman–Crippen LogP) is 3.60. The molecule has 8 heteroatoms. The first-order chi connectivity index (χ1) is 13.8. The number of rotatable bonds is 8. The number of carbonyl (C=O) groups excluding carboxylic acids is 2. The average molecular weight is 529 g/mol. The number of amides is 2. The van der Waals surface area contributed by atoms with Crippen molar-refractivity contribution in [3.63, 3.8) is 0 Å². The van der Waals surface area contributed by atoms with Crippen LogP contribution in [0.1, 0.15) is 44.1 Å². The minimum Gasteiger partial charge on any atom is -0.398 e. The van der Waals surface area contributed by atoms with E-state index in [1.54, 1.807) is 0 Å². The second-order valence-corrected chi connectivity index (χ2v) is 9.53. The van der Waals surface area contributed by atoms with Crippen molar-refractivity contribution in [1.82, 2.24) is 9.80 Å². The van der Waals surface area contributed by atoms with Gasteiger partial charge in [-0.05, 0) is 78.7 Å². The lowest BCUT2D eigenvalue weighted by Gasteiger charge is -2.36. The lowest BCUT2D eigenvalue weighted by atomic mass is 9.91. The fourth-order valence-electron chi connectivity index (χ4n) is 4.04. The Balaban J connectivity index is 1.62. The van der Waals surface area contributed by atoms with Crippen molar-refractivity contribution in [2.75, 3.05) is 18.8 Å². The topological polar surface area (TPSA) is 86.9 Å². The first-order valence-electron chi connectivity index (χ1n) is 10.0. The molecule has 6 nitrogen and oxygen atoms in total. The molecule has 1 aliphatic heterocycles. The van der Waals surface area contributed by atoms with Crippen molar-refractivity contribution in [2.45, 2.75) is 57.2 Å². The molecule has 1 heterocycles. The summed E-state index contributed by atoms with van der Waals surface area (Å²) in [5.41, 5.74) is 8.10.